The lowest BCUT2D eigenvalue weighted by Crippen LogP contribution is -2.38. The molecule has 2 rings (SSSR count). The molecule has 1 unspecified atom stereocenters. The zero-order valence-corrected chi connectivity index (χ0v) is 12.1. The van der Waals surface area contributed by atoms with Crippen molar-refractivity contribution in [3.05, 3.63) is 70.8 Å². The smallest absolute Gasteiger partial charge is 0.0447 e. The molecule has 0 aromatic heterocycles. The highest BCUT2D eigenvalue weighted by Gasteiger charge is 2.25. The van der Waals surface area contributed by atoms with E-state index < -0.39 is 0 Å². The monoisotopic (exact) mass is 253 g/mol. The van der Waals surface area contributed by atoms with Crippen LogP contribution in [0.2, 0.25) is 0 Å². The second-order valence-corrected chi connectivity index (χ2v) is 5.47. The molecule has 0 saturated carbocycles. The summed E-state index contributed by atoms with van der Waals surface area (Å²) in [7, 11) is 0. The number of benzene rings is 2. The molecule has 2 aromatic carbocycles. The average molecular weight is 253 g/mol. The molecule has 1 atom stereocenters. The highest BCUT2D eigenvalue weighted by Crippen LogP contribution is 2.27. The molecule has 0 amide bonds. The van der Waals surface area contributed by atoms with E-state index in [2.05, 4.69) is 63.2 Å². The van der Waals surface area contributed by atoms with E-state index in [-0.39, 0.29) is 5.54 Å². The third-order valence-corrected chi connectivity index (χ3v) is 4.07. The quantitative estimate of drug-likeness (QED) is 0.872. The Labute approximate surface area is 116 Å². The van der Waals surface area contributed by atoms with Crippen LogP contribution in [-0.2, 0) is 12.0 Å². The molecule has 0 heterocycles. The minimum atomic E-state index is -0.275. The maximum atomic E-state index is 6.64. The summed E-state index contributed by atoms with van der Waals surface area (Å²) in [6.07, 6.45) is 1.82. The van der Waals surface area contributed by atoms with Crippen LogP contribution in [0, 0.1) is 13.8 Å². The van der Waals surface area contributed by atoms with Gasteiger partial charge in [0.05, 0.1) is 0 Å². The largest absolute Gasteiger partial charge is 0.321 e. The van der Waals surface area contributed by atoms with Gasteiger partial charge in [0.15, 0.2) is 0 Å². The van der Waals surface area contributed by atoms with Crippen LogP contribution in [-0.4, -0.2) is 0 Å². The molecule has 1 heteroatoms. The molecule has 0 spiro atoms. The number of rotatable bonds is 4. The first-order valence-corrected chi connectivity index (χ1v) is 6.96. The third kappa shape index (κ3) is 3.05. The molecule has 0 bridgehead atoms. The highest BCUT2D eigenvalue weighted by molar-refractivity contribution is 5.33. The van der Waals surface area contributed by atoms with Crippen molar-refractivity contribution in [2.75, 3.05) is 0 Å². The number of aryl methyl sites for hydroxylation is 2. The Bertz CT molecular complexity index is 545. The van der Waals surface area contributed by atoms with E-state index in [0.29, 0.717) is 0 Å². The topological polar surface area (TPSA) is 26.0 Å². The van der Waals surface area contributed by atoms with Crippen molar-refractivity contribution < 1.29 is 0 Å². The van der Waals surface area contributed by atoms with E-state index in [1.165, 1.54) is 22.3 Å². The lowest BCUT2D eigenvalue weighted by atomic mass is 9.82. The van der Waals surface area contributed by atoms with Crippen molar-refractivity contribution in [2.45, 2.75) is 39.2 Å². The molecule has 0 aliphatic carbocycles. The van der Waals surface area contributed by atoms with Gasteiger partial charge in [-0.3, -0.25) is 0 Å². The zero-order valence-electron chi connectivity index (χ0n) is 12.1. The van der Waals surface area contributed by atoms with Crippen LogP contribution in [0.1, 0.15) is 35.6 Å². The number of hydrogen-bond acceptors (Lipinski definition) is 1. The SMILES string of the molecule is CCC(N)(Cc1ccc(C)c(C)c1)c1ccccc1. The van der Waals surface area contributed by atoms with Gasteiger partial charge >= 0.3 is 0 Å². The van der Waals surface area contributed by atoms with Crippen molar-refractivity contribution in [1.29, 1.82) is 0 Å². The Morgan fingerprint density at radius 3 is 2.21 bits per heavy atom. The second-order valence-electron chi connectivity index (χ2n) is 5.47. The van der Waals surface area contributed by atoms with Crippen LogP contribution < -0.4 is 5.73 Å². The maximum absolute atomic E-state index is 6.64. The van der Waals surface area contributed by atoms with Gasteiger partial charge in [0.1, 0.15) is 0 Å². The minimum Gasteiger partial charge on any atom is -0.321 e. The van der Waals surface area contributed by atoms with Crippen LogP contribution in [0.3, 0.4) is 0 Å². The van der Waals surface area contributed by atoms with Crippen LogP contribution in [0.25, 0.3) is 0 Å². The Hall–Kier alpha value is -1.60. The summed E-state index contributed by atoms with van der Waals surface area (Å²) < 4.78 is 0. The van der Waals surface area contributed by atoms with Crippen molar-refractivity contribution >= 4 is 0 Å². The van der Waals surface area contributed by atoms with E-state index in [0.717, 1.165) is 12.8 Å². The molecule has 0 aliphatic heterocycles. The Morgan fingerprint density at radius 2 is 1.63 bits per heavy atom. The van der Waals surface area contributed by atoms with Gasteiger partial charge in [-0.05, 0) is 48.9 Å². The molecule has 1 nitrogen and oxygen atoms in total. The van der Waals surface area contributed by atoms with E-state index >= 15 is 0 Å². The predicted molar refractivity (Wildman–Crippen MR) is 82.2 cm³/mol. The lowest BCUT2D eigenvalue weighted by molar-refractivity contribution is 0.425. The Kier molecular flexibility index (Phi) is 4.06. The summed E-state index contributed by atoms with van der Waals surface area (Å²) in [6.45, 7) is 6.46. The summed E-state index contributed by atoms with van der Waals surface area (Å²) in [6, 6.07) is 17.1. The minimum absolute atomic E-state index is 0.275. The zero-order chi connectivity index (χ0) is 13.9. The molecule has 0 radical (unpaired) electrons. The maximum Gasteiger partial charge on any atom is 0.0447 e. The van der Waals surface area contributed by atoms with Gasteiger partial charge < -0.3 is 5.73 Å². The normalized spacial score (nSPS) is 14.1. The molecule has 2 aromatic rings. The lowest BCUT2D eigenvalue weighted by Gasteiger charge is -2.29. The molecule has 0 saturated heterocycles. The summed E-state index contributed by atoms with van der Waals surface area (Å²) in [4.78, 5) is 0. The van der Waals surface area contributed by atoms with E-state index in [9.17, 15) is 0 Å². The number of hydrogen-bond donors (Lipinski definition) is 1. The van der Waals surface area contributed by atoms with E-state index in [1.54, 1.807) is 0 Å². The first-order chi connectivity index (χ1) is 9.05. The van der Waals surface area contributed by atoms with Gasteiger partial charge in [0.25, 0.3) is 0 Å². The third-order valence-electron chi connectivity index (χ3n) is 4.07. The molecule has 100 valence electrons. The van der Waals surface area contributed by atoms with Gasteiger partial charge in [0.2, 0.25) is 0 Å². The molecule has 19 heavy (non-hydrogen) atoms. The van der Waals surface area contributed by atoms with Crippen LogP contribution in [0.5, 0.6) is 0 Å². The molecular weight excluding hydrogens is 230 g/mol. The summed E-state index contributed by atoms with van der Waals surface area (Å²) in [5.74, 6) is 0. The van der Waals surface area contributed by atoms with E-state index in [1.807, 2.05) is 6.07 Å². The first kappa shape index (κ1) is 13.8. The van der Waals surface area contributed by atoms with Crippen LogP contribution in [0.4, 0.5) is 0 Å². The summed E-state index contributed by atoms with van der Waals surface area (Å²) in [5, 5.41) is 0. The van der Waals surface area contributed by atoms with Gasteiger partial charge in [-0.15, -0.1) is 0 Å². The Morgan fingerprint density at radius 1 is 0.947 bits per heavy atom. The average Bonchev–Trinajstić information content (AvgIpc) is 2.44. The second kappa shape index (κ2) is 5.58. The van der Waals surface area contributed by atoms with E-state index in [4.69, 9.17) is 5.73 Å². The summed E-state index contributed by atoms with van der Waals surface area (Å²) in [5.41, 5.74) is 11.6. The van der Waals surface area contributed by atoms with Gasteiger partial charge in [-0.25, -0.2) is 0 Å². The van der Waals surface area contributed by atoms with Crippen molar-refractivity contribution in [3.63, 3.8) is 0 Å². The van der Waals surface area contributed by atoms with Gasteiger partial charge in [-0.2, -0.15) is 0 Å². The van der Waals surface area contributed by atoms with Crippen LogP contribution in [0.15, 0.2) is 48.5 Å². The van der Waals surface area contributed by atoms with Crippen molar-refractivity contribution in [2.24, 2.45) is 5.73 Å². The predicted octanol–water partition coefficient (Wildman–Crippen LogP) is 4.11. The summed E-state index contributed by atoms with van der Waals surface area (Å²) >= 11 is 0. The fourth-order valence-corrected chi connectivity index (χ4v) is 2.48. The highest BCUT2D eigenvalue weighted by atomic mass is 14.7. The molecule has 0 fully saturated rings. The number of nitrogens with two attached hydrogens (primary N) is 1. The van der Waals surface area contributed by atoms with Crippen LogP contribution >= 0.6 is 0 Å². The molecule has 0 aliphatic rings. The molecular formula is C18H23N. The van der Waals surface area contributed by atoms with Gasteiger partial charge in [0, 0.05) is 5.54 Å². The first-order valence-electron chi connectivity index (χ1n) is 6.96. The standard InChI is InChI=1S/C18H23N/c1-4-18(19,17-8-6-5-7-9-17)13-16-11-10-14(2)15(3)12-16/h5-12H,4,13,19H2,1-3H3. The Balaban J connectivity index is 2.30. The molecule has 2 N–H and O–H groups in total. The van der Waals surface area contributed by atoms with Gasteiger partial charge in [-0.1, -0.05) is 55.5 Å². The van der Waals surface area contributed by atoms with Crippen molar-refractivity contribution in [3.8, 4) is 0 Å². The fraction of sp³-hybridized carbons (Fsp3) is 0.333. The van der Waals surface area contributed by atoms with Crippen molar-refractivity contribution in [1.82, 2.24) is 0 Å². The fourth-order valence-electron chi connectivity index (χ4n) is 2.48.